The molecule has 3 nitrogen and oxygen atoms in total. The van der Waals surface area contributed by atoms with E-state index in [1.165, 1.54) is 5.39 Å². The van der Waals surface area contributed by atoms with Crippen molar-refractivity contribution < 1.29 is 5.11 Å². The molecule has 0 aromatic heterocycles. The van der Waals surface area contributed by atoms with Crippen molar-refractivity contribution in [1.29, 1.82) is 0 Å². The number of phenols is 1. The topological polar surface area (TPSA) is 44.6 Å². The van der Waals surface area contributed by atoms with Gasteiger partial charge in [0.1, 0.15) is 10.7 Å². The molecule has 3 aromatic carbocycles. The SMILES string of the molecule is Oc1ccc(C(=S)N/N=C\c2cccc3ccccc23)cc1. The van der Waals surface area contributed by atoms with Gasteiger partial charge in [-0.1, -0.05) is 54.7 Å². The summed E-state index contributed by atoms with van der Waals surface area (Å²) < 4.78 is 0. The summed E-state index contributed by atoms with van der Waals surface area (Å²) in [5, 5.41) is 15.8. The summed E-state index contributed by atoms with van der Waals surface area (Å²) in [6.07, 6.45) is 1.76. The summed E-state index contributed by atoms with van der Waals surface area (Å²) in [7, 11) is 0. The molecular weight excluding hydrogens is 292 g/mol. The third-order valence-electron chi connectivity index (χ3n) is 3.32. The Morgan fingerprint density at radius 2 is 1.68 bits per heavy atom. The second kappa shape index (κ2) is 6.37. The number of fused-ring (bicyclic) bond motifs is 1. The first-order chi connectivity index (χ1) is 10.7. The Morgan fingerprint density at radius 3 is 2.50 bits per heavy atom. The van der Waals surface area contributed by atoms with Crippen molar-refractivity contribution in [1.82, 2.24) is 5.43 Å². The van der Waals surface area contributed by atoms with E-state index in [4.69, 9.17) is 12.2 Å². The van der Waals surface area contributed by atoms with Crippen molar-refractivity contribution in [3.63, 3.8) is 0 Å². The highest BCUT2D eigenvalue weighted by Gasteiger charge is 2.00. The molecule has 4 heteroatoms. The van der Waals surface area contributed by atoms with Gasteiger partial charge < -0.3 is 5.11 Å². The van der Waals surface area contributed by atoms with E-state index in [1.54, 1.807) is 30.5 Å². The molecule has 108 valence electrons. The maximum Gasteiger partial charge on any atom is 0.126 e. The molecule has 0 aliphatic rings. The highest BCUT2D eigenvalue weighted by Crippen LogP contribution is 2.16. The molecule has 0 fully saturated rings. The van der Waals surface area contributed by atoms with Crippen molar-refractivity contribution in [2.24, 2.45) is 5.10 Å². The van der Waals surface area contributed by atoms with Crippen molar-refractivity contribution in [3.8, 4) is 5.75 Å². The zero-order valence-electron chi connectivity index (χ0n) is 11.7. The Balaban J connectivity index is 1.76. The number of rotatable bonds is 3. The molecule has 2 N–H and O–H groups in total. The molecule has 0 atom stereocenters. The minimum Gasteiger partial charge on any atom is -0.508 e. The average molecular weight is 306 g/mol. The van der Waals surface area contributed by atoms with E-state index in [1.807, 2.05) is 24.3 Å². The summed E-state index contributed by atoms with van der Waals surface area (Å²) in [4.78, 5) is 0.511. The van der Waals surface area contributed by atoms with E-state index < -0.39 is 0 Å². The lowest BCUT2D eigenvalue weighted by atomic mass is 10.1. The molecule has 0 aliphatic carbocycles. The maximum atomic E-state index is 9.27. The Bertz CT molecular complexity index is 836. The predicted molar refractivity (Wildman–Crippen MR) is 94.5 cm³/mol. The summed E-state index contributed by atoms with van der Waals surface area (Å²) >= 11 is 5.27. The predicted octanol–water partition coefficient (Wildman–Crippen LogP) is 3.84. The van der Waals surface area contributed by atoms with Crippen LogP contribution in [0.4, 0.5) is 0 Å². The molecule has 3 rings (SSSR count). The molecule has 0 aliphatic heterocycles. The first-order valence-corrected chi connectivity index (χ1v) is 7.25. The van der Waals surface area contributed by atoms with E-state index in [0.29, 0.717) is 4.99 Å². The lowest BCUT2D eigenvalue weighted by molar-refractivity contribution is 0.475. The molecule has 0 saturated carbocycles. The lowest BCUT2D eigenvalue weighted by Gasteiger charge is -2.04. The molecule has 0 heterocycles. The highest BCUT2D eigenvalue weighted by molar-refractivity contribution is 7.80. The van der Waals surface area contributed by atoms with Gasteiger partial charge >= 0.3 is 0 Å². The van der Waals surface area contributed by atoms with Crippen molar-refractivity contribution in [2.75, 3.05) is 0 Å². The Morgan fingerprint density at radius 1 is 0.955 bits per heavy atom. The second-order valence-corrected chi connectivity index (χ2v) is 5.22. The van der Waals surface area contributed by atoms with E-state index in [0.717, 1.165) is 16.5 Å². The van der Waals surface area contributed by atoms with Crippen LogP contribution >= 0.6 is 12.2 Å². The van der Waals surface area contributed by atoms with E-state index in [-0.39, 0.29) is 5.75 Å². The van der Waals surface area contributed by atoms with Crippen LogP contribution in [0.25, 0.3) is 10.8 Å². The minimum absolute atomic E-state index is 0.214. The lowest BCUT2D eigenvalue weighted by Crippen LogP contribution is -2.16. The van der Waals surface area contributed by atoms with Gasteiger partial charge in [-0.25, -0.2) is 0 Å². The first kappa shape index (κ1) is 14.2. The molecule has 0 saturated heterocycles. The largest absolute Gasteiger partial charge is 0.508 e. The first-order valence-electron chi connectivity index (χ1n) is 6.84. The third kappa shape index (κ3) is 3.13. The summed E-state index contributed by atoms with van der Waals surface area (Å²) in [5.74, 6) is 0.214. The average Bonchev–Trinajstić information content (AvgIpc) is 2.55. The summed E-state index contributed by atoms with van der Waals surface area (Å²) in [6.45, 7) is 0. The van der Waals surface area contributed by atoms with E-state index >= 15 is 0 Å². The molecule has 3 aromatic rings. The van der Waals surface area contributed by atoms with E-state index in [9.17, 15) is 5.11 Å². The Labute approximate surface area is 133 Å². The fourth-order valence-electron chi connectivity index (χ4n) is 2.20. The van der Waals surface area contributed by atoms with Crippen LogP contribution in [0.15, 0.2) is 71.8 Å². The second-order valence-electron chi connectivity index (χ2n) is 4.81. The van der Waals surface area contributed by atoms with Crippen molar-refractivity contribution in [2.45, 2.75) is 0 Å². The number of phenolic OH excluding ortho intramolecular Hbond substituents is 1. The number of benzene rings is 3. The zero-order chi connectivity index (χ0) is 15.4. The Hall–Kier alpha value is -2.72. The van der Waals surface area contributed by atoms with Gasteiger partial charge in [0.05, 0.1) is 6.21 Å². The smallest absolute Gasteiger partial charge is 0.126 e. The summed E-state index contributed by atoms with van der Waals surface area (Å²) in [5.41, 5.74) is 4.69. The molecule has 22 heavy (non-hydrogen) atoms. The number of aromatic hydroxyl groups is 1. The third-order valence-corrected chi connectivity index (χ3v) is 3.65. The van der Waals surface area contributed by atoms with Crippen molar-refractivity contribution in [3.05, 3.63) is 77.9 Å². The van der Waals surface area contributed by atoms with Gasteiger partial charge in [0.2, 0.25) is 0 Å². The normalized spacial score (nSPS) is 10.9. The van der Waals surface area contributed by atoms with Crippen LogP contribution in [-0.4, -0.2) is 16.3 Å². The monoisotopic (exact) mass is 306 g/mol. The van der Waals surface area contributed by atoms with Gasteiger partial charge in [-0.05, 0) is 35.0 Å². The number of nitrogens with zero attached hydrogens (tertiary/aromatic N) is 1. The van der Waals surface area contributed by atoms with Crippen LogP contribution in [-0.2, 0) is 0 Å². The van der Waals surface area contributed by atoms with E-state index in [2.05, 4.69) is 28.7 Å². The van der Waals surface area contributed by atoms with Gasteiger partial charge in [-0.2, -0.15) is 5.10 Å². The minimum atomic E-state index is 0.214. The molecule has 0 amide bonds. The zero-order valence-corrected chi connectivity index (χ0v) is 12.5. The Kier molecular flexibility index (Phi) is 4.12. The number of hydrogen-bond acceptors (Lipinski definition) is 3. The van der Waals surface area contributed by atoms with Crippen LogP contribution in [0, 0.1) is 0 Å². The number of hydrazone groups is 1. The van der Waals surface area contributed by atoms with Gasteiger partial charge in [0, 0.05) is 11.1 Å². The van der Waals surface area contributed by atoms with Gasteiger partial charge in [0.25, 0.3) is 0 Å². The molecule has 0 radical (unpaired) electrons. The molecule has 0 spiro atoms. The van der Waals surface area contributed by atoms with Gasteiger partial charge in [-0.15, -0.1) is 0 Å². The number of hydrogen-bond donors (Lipinski definition) is 2. The van der Waals surface area contributed by atoms with Gasteiger partial charge in [0.15, 0.2) is 0 Å². The summed E-state index contributed by atoms with van der Waals surface area (Å²) in [6, 6.07) is 20.9. The number of thiocarbonyl (C=S) groups is 1. The highest BCUT2D eigenvalue weighted by atomic mass is 32.1. The molecule has 0 bridgehead atoms. The number of nitrogens with one attached hydrogen (secondary N) is 1. The van der Waals surface area contributed by atoms with Gasteiger partial charge in [-0.3, -0.25) is 5.43 Å². The van der Waals surface area contributed by atoms with Crippen LogP contribution in [0.5, 0.6) is 5.75 Å². The van der Waals surface area contributed by atoms with Crippen LogP contribution in [0.2, 0.25) is 0 Å². The molecule has 0 unspecified atom stereocenters. The van der Waals surface area contributed by atoms with Crippen molar-refractivity contribution >= 4 is 34.2 Å². The van der Waals surface area contributed by atoms with Crippen LogP contribution < -0.4 is 5.43 Å². The fraction of sp³-hybridized carbons (Fsp3) is 0. The van der Waals surface area contributed by atoms with Crippen LogP contribution in [0.1, 0.15) is 11.1 Å². The standard InChI is InChI=1S/C18H14N2OS/c21-16-10-8-14(9-11-16)18(22)20-19-12-15-6-3-5-13-4-1-2-7-17(13)15/h1-12,21H,(H,20,22)/b19-12-. The van der Waals surface area contributed by atoms with Crippen LogP contribution in [0.3, 0.4) is 0 Å². The fourth-order valence-corrected chi connectivity index (χ4v) is 2.39. The maximum absolute atomic E-state index is 9.27. The quantitative estimate of drug-likeness (QED) is 0.439. The molecular formula is C18H14N2OS.